The Morgan fingerprint density at radius 2 is 0.767 bits per heavy atom. The number of nitrogens with zero attached hydrogens (tertiary/aromatic N) is 4. The van der Waals surface area contributed by atoms with Crippen LogP contribution < -0.4 is 0 Å². The van der Waals surface area contributed by atoms with E-state index in [0.717, 1.165) is 105 Å². The van der Waals surface area contributed by atoms with Crippen molar-refractivity contribution < 1.29 is 8.83 Å². The molecule has 0 saturated heterocycles. The van der Waals surface area contributed by atoms with Crippen LogP contribution in [0.3, 0.4) is 0 Å². The molecule has 6 heteroatoms. The standard InChI is InChI=1S/C54H32N4O2/c1-2-12-34(13-3-1)52-56-53(35-26-24-33(25-27-35)39-28-29-55-47-21-7-4-14-42(39)47)58-54(57-52)38-31-36(40-17-10-19-45-43-15-5-8-22-48(43)59-50(40)45)30-37(32-38)41-18-11-20-46-44-16-6-9-23-49(44)60-51(41)46/h1-32H. The van der Waals surface area contributed by atoms with Gasteiger partial charge in [0.25, 0.3) is 0 Å². The maximum Gasteiger partial charge on any atom is 0.164 e. The monoisotopic (exact) mass is 768 g/mol. The van der Waals surface area contributed by atoms with E-state index in [1.54, 1.807) is 0 Å². The molecule has 0 fully saturated rings. The van der Waals surface area contributed by atoms with E-state index < -0.39 is 0 Å². The van der Waals surface area contributed by atoms with Gasteiger partial charge in [0.2, 0.25) is 0 Å². The minimum absolute atomic E-state index is 0.555. The van der Waals surface area contributed by atoms with Gasteiger partial charge in [0.1, 0.15) is 22.3 Å². The number of hydrogen-bond donors (Lipinski definition) is 0. The Morgan fingerprint density at radius 3 is 1.38 bits per heavy atom. The van der Waals surface area contributed by atoms with Crippen LogP contribution >= 0.6 is 0 Å². The molecule has 0 aliphatic rings. The van der Waals surface area contributed by atoms with Crippen LogP contribution in [0.25, 0.3) is 122 Å². The lowest BCUT2D eigenvalue weighted by molar-refractivity contribution is 0.670. The topological polar surface area (TPSA) is 77.8 Å². The maximum absolute atomic E-state index is 6.60. The summed E-state index contributed by atoms with van der Waals surface area (Å²) in [5.74, 6) is 1.72. The molecule has 0 spiro atoms. The summed E-state index contributed by atoms with van der Waals surface area (Å²) in [6.45, 7) is 0. The minimum Gasteiger partial charge on any atom is -0.455 e. The van der Waals surface area contributed by atoms with E-state index in [0.29, 0.717) is 17.5 Å². The highest BCUT2D eigenvalue weighted by atomic mass is 16.3. The molecule has 12 rings (SSSR count). The van der Waals surface area contributed by atoms with Crippen LogP contribution in [-0.4, -0.2) is 19.9 Å². The van der Waals surface area contributed by atoms with Crippen molar-refractivity contribution >= 4 is 54.8 Å². The number of rotatable bonds is 6. The second kappa shape index (κ2) is 13.7. The lowest BCUT2D eigenvalue weighted by Crippen LogP contribution is -2.00. The Kier molecular flexibility index (Phi) is 7.74. The van der Waals surface area contributed by atoms with Gasteiger partial charge in [-0.25, -0.2) is 15.0 Å². The van der Waals surface area contributed by atoms with Gasteiger partial charge in [-0.3, -0.25) is 4.98 Å². The molecule has 4 heterocycles. The van der Waals surface area contributed by atoms with Crippen LogP contribution in [0.5, 0.6) is 0 Å². The van der Waals surface area contributed by atoms with E-state index in [2.05, 4.69) is 108 Å². The first kappa shape index (κ1) is 33.9. The van der Waals surface area contributed by atoms with E-state index in [9.17, 15) is 0 Å². The summed E-state index contributed by atoms with van der Waals surface area (Å²) in [5.41, 5.74) is 13.0. The molecule has 60 heavy (non-hydrogen) atoms. The van der Waals surface area contributed by atoms with Crippen molar-refractivity contribution in [2.24, 2.45) is 0 Å². The third-order valence-electron chi connectivity index (χ3n) is 11.4. The van der Waals surface area contributed by atoms with E-state index in [-0.39, 0.29) is 0 Å². The molecule has 8 aromatic carbocycles. The quantitative estimate of drug-likeness (QED) is 0.168. The highest BCUT2D eigenvalue weighted by molar-refractivity contribution is 6.11. The summed E-state index contributed by atoms with van der Waals surface area (Å²) in [6, 6.07) is 64.4. The van der Waals surface area contributed by atoms with Crippen molar-refractivity contribution in [1.82, 2.24) is 19.9 Å². The average molecular weight is 769 g/mol. The zero-order chi connectivity index (χ0) is 39.6. The largest absolute Gasteiger partial charge is 0.455 e. The molecule has 0 amide bonds. The molecule has 280 valence electrons. The maximum atomic E-state index is 6.60. The fourth-order valence-electron chi connectivity index (χ4n) is 8.51. The van der Waals surface area contributed by atoms with Gasteiger partial charge in [-0.1, -0.05) is 146 Å². The Bertz CT molecular complexity index is 3470. The zero-order valence-electron chi connectivity index (χ0n) is 32.1. The first-order valence-electron chi connectivity index (χ1n) is 19.9. The van der Waals surface area contributed by atoms with E-state index >= 15 is 0 Å². The molecular weight excluding hydrogens is 737 g/mol. The number of aromatic nitrogens is 4. The number of furan rings is 2. The van der Waals surface area contributed by atoms with Gasteiger partial charge in [0.05, 0.1) is 5.52 Å². The van der Waals surface area contributed by atoms with Crippen molar-refractivity contribution in [1.29, 1.82) is 0 Å². The molecule has 0 radical (unpaired) electrons. The molecule has 0 aliphatic carbocycles. The van der Waals surface area contributed by atoms with Gasteiger partial charge in [-0.05, 0) is 64.7 Å². The number of para-hydroxylation sites is 5. The molecule has 6 nitrogen and oxygen atoms in total. The van der Waals surface area contributed by atoms with Gasteiger partial charge in [0.15, 0.2) is 17.5 Å². The van der Waals surface area contributed by atoms with Gasteiger partial charge in [-0.2, -0.15) is 0 Å². The van der Waals surface area contributed by atoms with Crippen molar-refractivity contribution in [3.05, 3.63) is 194 Å². The average Bonchev–Trinajstić information content (AvgIpc) is 3.90. The second-order valence-electron chi connectivity index (χ2n) is 15.0. The molecule has 4 aromatic heterocycles. The van der Waals surface area contributed by atoms with Gasteiger partial charge in [0, 0.05) is 60.9 Å². The molecule has 0 atom stereocenters. The normalized spacial score (nSPS) is 11.7. The van der Waals surface area contributed by atoms with Crippen molar-refractivity contribution in [2.45, 2.75) is 0 Å². The SMILES string of the molecule is c1ccc(-c2nc(-c3ccc(-c4ccnc5ccccc45)cc3)nc(-c3cc(-c4cccc5c4oc4ccccc45)cc(-c4cccc5c4oc4ccccc45)c3)n2)cc1. The lowest BCUT2D eigenvalue weighted by atomic mass is 9.94. The van der Waals surface area contributed by atoms with Crippen molar-refractivity contribution in [3.8, 4) is 67.5 Å². The van der Waals surface area contributed by atoms with Crippen LogP contribution in [-0.2, 0) is 0 Å². The summed E-state index contributed by atoms with van der Waals surface area (Å²) in [6.07, 6.45) is 1.86. The summed E-state index contributed by atoms with van der Waals surface area (Å²) >= 11 is 0. The van der Waals surface area contributed by atoms with Crippen LogP contribution in [0.4, 0.5) is 0 Å². The highest BCUT2D eigenvalue weighted by Crippen LogP contribution is 2.42. The summed E-state index contributed by atoms with van der Waals surface area (Å²) in [7, 11) is 0. The van der Waals surface area contributed by atoms with Crippen molar-refractivity contribution in [2.75, 3.05) is 0 Å². The second-order valence-corrected chi connectivity index (χ2v) is 15.0. The van der Waals surface area contributed by atoms with Gasteiger partial charge < -0.3 is 8.83 Å². The minimum atomic E-state index is 0.555. The Balaban J connectivity index is 1.07. The number of pyridine rings is 1. The number of hydrogen-bond acceptors (Lipinski definition) is 6. The molecule has 0 bridgehead atoms. The molecule has 0 aliphatic heterocycles. The lowest BCUT2D eigenvalue weighted by Gasteiger charge is -2.13. The summed E-state index contributed by atoms with van der Waals surface area (Å²) in [4.78, 5) is 20.1. The summed E-state index contributed by atoms with van der Waals surface area (Å²) in [5, 5.41) is 5.39. The van der Waals surface area contributed by atoms with Crippen LogP contribution in [0.15, 0.2) is 203 Å². The Morgan fingerprint density at radius 1 is 0.300 bits per heavy atom. The van der Waals surface area contributed by atoms with Crippen LogP contribution in [0, 0.1) is 0 Å². The smallest absolute Gasteiger partial charge is 0.164 e. The predicted molar refractivity (Wildman–Crippen MR) is 242 cm³/mol. The van der Waals surface area contributed by atoms with E-state index in [1.807, 2.05) is 91.1 Å². The molecule has 0 N–H and O–H groups in total. The van der Waals surface area contributed by atoms with Crippen LogP contribution in [0.1, 0.15) is 0 Å². The fourth-order valence-corrected chi connectivity index (χ4v) is 8.51. The first-order chi connectivity index (χ1) is 29.7. The Hall–Kier alpha value is -8.22. The first-order valence-corrected chi connectivity index (χ1v) is 19.9. The number of benzene rings is 8. The zero-order valence-corrected chi connectivity index (χ0v) is 32.1. The third kappa shape index (κ3) is 5.65. The molecule has 0 unspecified atom stereocenters. The fraction of sp³-hybridized carbons (Fsp3) is 0. The highest BCUT2D eigenvalue weighted by Gasteiger charge is 2.20. The predicted octanol–water partition coefficient (Wildman–Crippen LogP) is 14.2. The van der Waals surface area contributed by atoms with Gasteiger partial charge >= 0.3 is 0 Å². The van der Waals surface area contributed by atoms with Gasteiger partial charge in [-0.15, -0.1) is 0 Å². The van der Waals surface area contributed by atoms with E-state index in [1.165, 1.54) is 0 Å². The third-order valence-corrected chi connectivity index (χ3v) is 11.4. The Labute approximate surface area is 344 Å². The summed E-state index contributed by atoms with van der Waals surface area (Å²) < 4.78 is 13.2. The molecule has 12 aromatic rings. The van der Waals surface area contributed by atoms with E-state index in [4.69, 9.17) is 23.8 Å². The molecule has 0 saturated carbocycles. The molecular formula is C54H32N4O2. The number of fused-ring (bicyclic) bond motifs is 7. The van der Waals surface area contributed by atoms with Crippen LogP contribution in [0.2, 0.25) is 0 Å². The van der Waals surface area contributed by atoms with Crippen molar-refractivity contribution in [3.63, 3.8) is 0 Å².